The Balaban J connectivity index is 1.34. The number of anilines is 1. The largest absolute Gasteiger partial charge is 0.494 e. The van der Waals surface area contributed by atoms with Crippen LogP contribution in [0.25, 0.3) is 0 Å². The molecular formula is C25H35ClN2O4S. The van der Waals surface area contributed by atoms with Crippen molar-refractivity contribution in [3.05, 3.63) is 53.6 Å². The predicted octanol–water partition coefficient (Wildman–Crippen LogP) is 4.81. The average molecular weight is 495 g/mol. The van der Waals surface area contributed by atoms with Crippen molar-refractivity contribution in [3.63, 3.8) is 0 Å². The van der Waals surface area contributed by atoms with Crippen LogP contribution < -0.4 is 9.04 Å². The minimum Gasteiger partial charge on any atom is -0.494 e. The van der Waals surface area contributed by atoms with E-state index in [2.05, 4.69) is 4.90 Å². The molecule has 1 fully saturated rings. The summed E-state index contributed by atoms with van der Waals surface area (Å²) in [5, 5.41) is 9.71. The van der Waals surface area contributed by atoms with E-state index in [9.17, 15) is 13.5 Å². The van der Waals surface area contributed by atoms with E-state index in [-0.39, 0.29) is 4.90 Å². The molecule has 1 N–H and O–H groups in total. The maximum atomic E-state index is 12.8. The van der Waals surface area contributed by atoms with Gasteiger partial charge in [0.15, 0.2) is 0 Å². The topological polar surface area (TPSA) is 70.1 Å². The van der Waals surface area contributed by atoms with Gasteiger partial charge in [-0.2, -0.15) is 0 Å². The molecule has 0 atom stereocenters. The van der Waals surface area contributed by atoms with Gasteiger partial charge in [-0.05, 0) is 99.8 Å². The second kappa shape index (κ2) is 12.6. The third kappa shape index (κ3) is 7.60. The van der Waals surface area contributed by atoms with Crippen LogP contribution >= 0.6 is 11.6 Å². The fourth-order valence-electron chi connectivity index (χ4n) is 4.03. The first kappa shape index (κ1) is 25.8. The van der Waals surface area contributed by atoms with E-state index >= 15 is 0 Å². The number of aliphatic hydroxyl groups is 1. The molecule has 1 heterocycles. The molecule has 1 aliphatic rings. The third-order valence-corrected chi connectivity index (χ3v) is 8.33. The van der Waals surface area contributed by atoms with E-state index in [1.807, 2.05) is 0 Å². The monoisotopic (exact) mass is 494 g/mol. The molecule has 0 saturated carbocycles. The van der Waals surface area contributed by atoms with Crippen molar-refractivity contribution in [1.82, 2.24) is 4.90 Å². The molecule has 1 aliphatic heterocycles. The lowest BCUT2D eigenvalue weighted by Gasteiger charge is -2.30. The number of sulfonamides is 1. The van der Waals surface area contributed by atoms with Crippen molar-refractivity contribution in [3.8, 4) is 5.75 Å². The Hall–Kier alpha value is -1.80. The fraction of sp³-hybridized carbons (Fsp3) is 0.520. The molecule has 8 heteroatoms. The normalized spacial score (nSPS) is 15.5. The van der Waals surface area contributed by atoms with Crippen LogP contribution in [0.1, 0.15) is 38.5 Å². The number of unbranched alkanes of at least 4 members (excludes halogenated alkanes) is 3. The van der Waals surface area contributed by atoms with E-state index < -0.39 is 10.0 Å². The third-order valence-electron chi connectivity index (χ3n) is 6.28. The molecule has 2 aromatic carbocycles. The molecule has 0 aromatic heterocycles. The van der Waals surface area contributed by atoms with Gasteiger partial charge in [-0.15, -0.1) is 0 Å². The summed E-state index contributed by atoms with van der Waals surface area (Å²) in [6, 6.07) is 13.3. The first-order chi connectivity index (χ1) is 15.9. The number of halogens is 1. The lowest BCUT2D eigenvalue weighted by Crippen LogP contribution is -2.35. The van der Waals surface area contributed by atoms with Gasteiger partial charge in [-0.3, -0.25) is 4.31 Å². The Kier molecular flexibility index (Phi) is 9.86. The summed E-state index contributed by atoms with van der Waals surface area (Å²) in [6.45, 7) is 4.35. The van der Waals surface area contributed by atoms with Crippen LogP contribution in [0, 0.1) is 5.92 Å². The number of hydrogen-bond donors (Lipinski definition) is 1. The highest BCUT2D eigenvalue weighted by Gasteiger charge is 2.21. The number of aliphatic hydroxyl groups excluding tert-OH is 1. The maximum Gasteiger partial charge on any atom is 0.264 e. The Bertz CT molecular complexity index is 943. The molecule has 0 aliphatic carbocycles. The maximum absolute atomic E-state index is 12.8. The summed E-state index contributed by atoms with van der Waals surface area (Å²) in [5.74, 6) is 1.24. The Labute approximate surface area is 203 Å². The molecule has 3 rings (SSSR count). The molecule has 0 unspecified atom stereocenters. The van der Waals surface area contributed by atoms with Crippen LogP contribution in [0.4, 0.5) is 5.69 Å². The molecule has 182 valence electrons. The molecule has 0 spiro atoms. The standard InChI is InChI=1S/C25H35ClN2O4S/c1-27(33(30,31)25-12-6-22(26)7-13-25)23-8-10-24(11-9-23)32-19-5-3-2-4-16-28-17-14-21(20-29)15-18-28/h6-13,21,29H,2-5,14-20H2,1H3. The van der Waals surface area contributed by atoms with Gasteiger partial charge in [-0.1, -0.05) is 24.4 Å². The predicted molar refractivity (Wildman–Crippen MR) is 134 cm³/mol. The quantitative estimate of drug-likeness (QED) is 0.429. The van der Waals surface area contributed by atoms with Crippen LogP contribution in [0.15, 0.2) is 53.4 Å². The smallest absolute Gasteiger partial charge is 0.264 e. The second-order valence-electron chi connectivity index (χ2n) is 8.65. The SMILES string of the molecule is CN(c1ccc(OCCCCCCN2CCC(CO)CC2)cc1)S(=O)(=O)c1ccc(Cl)cc1. The molecule has 33 heavy (non-hydrogen) atoms. The number of piperidine rings is 1. The van der Waals surface area contributed by atoms with Crippen LogP contribution in [-0.4, -0.2) is 58.3 Å². The number of hydrogen-bond acceptors (Lipinski definition) is 5. The van der Waals surface area contributed by atoms with E-state index in [1.165, 1.54) is 36.3 Å². The Morgan fingerprint density at radius 3 is 2.27 bits per heavy atom. The van der Waals surface area contributed by atoms with Gasteiger partial charge in [0.05, 0.1) is 17.2 Å². The minimum absolute atomic E-state index is 0.198. The Morgan fingerprint density at radius 2 is 1.64 bits per heavy atom. The molecule has 0 radical (unpaired) electrons. The van der Waals surface area contributed by atoms with E-state index in [1.54, 1.807) is 36.4 Å². The molecular weight excluding hydrogens is 460 g/mol. The highest BCUT2D eigenvalue weighted by atomic mass is 35.5. The zero-order chi connectivity index (χ0) is 23.7. The molecule has 0 amide bonds. The minimum atomic E-state index is -3.64. The van der Waals surface area contributed by atoms with Crippen LogP contribution in [0.5, 0.6) is 5.75 Å². The van der Waals surface area contributed by atoms with Gasteiger partial charge >= 0.3 is 0 Å². The number of likely N-dealkylation sites (tertiary alicyclic amines) is 1. The van der Waals surface area contributed by atoms with Gasteiger partial charge in [0, 0.05) is 18.7 Å². The Morgan fingerprint density at radius 1 is 1.00 bits per heavy atom. The van der Waals surface area contributed by atoms with Crippen molar-refractivity contribution in [1.29, 1.82) is 0 Å². The van der Waals surface area contributed by atoms with Gasteiger partial charge in [0.25, 0.3) is 10.0 Å². The summed E-state index contributed by atoms with van der Waals surface area (Å²) in [4.78, 5) is 2.71. The number of benzene rings is 2. The summed E-state index contributed by atoms with van der Waals surface area (Å²) in [7, 11) is -2.11. The highest BCUT2D eigenvalue weighted by molar-refractivity contribution is 7.92. The average Bonchev–Trinajstić information content (AvgIpc) is 2.84. The van der Waals surface area contributed by atoms with Crippen molar-refractivity contribution in [2.75, 3.05) is 44.2 Å². The first-order valence-electron chi connectivity index (χ1n) is 11.7. The van der Waals surface area contributed by atoms with Gasteiger partial charge < -0.3 is 14.7 Å². The first-order valence-corrected chi connectivity index (χ1v) is 13.5. The lowest BCUT2D eigenvalue weighted by molar-refractivity contribution is 0.130. The van der Waals surface area contributed by atoms with E-state index in [0.717, 1.165) is 51.1 Å². The van der Waals surface area contributed by atoms with Crippen LogP contribution in [0.2, 0.25) is 5.02 Å². The zero-order valence-electron chi connectivity index (χ0n) is 19.3. The highest BCUT2D eigenvalue weighted by Crippen LogP contribution is 2.25. The zero-order valence-corrected chi connectivity index (χ0v) is 20.9. The van der Waals surface area contributed by atoms with Gasteiger partial charge in [0.2, 0.25) is 0 Å². The summed E-state index contributed by atoms with van der Waals surface area (Å²) in [6.07, 6.45) is 6.76. The second-order valence-corrected chi connectivity index (χ2v) is 11.1. The van der Waals surface area contributed by atoms with E-state index in [4.69, 9.17) is 16.3 Å². The lowest BCUT2D eigenvalue weighted by atomic mass is 9.98. The van der Waals surface area contributed by atoms with Crippen LogP contribution in [0.3, 0.4) is 0 Å². The van der Waals surface area contributed by atoms with Gasteiger partial charge in [0.1, 0.15) is 5.75 Å². The molecule has 2 aromatic rings. The molecule has 1 saturated heterocycles. The fourth-order valence-corrected chi connectivity index (χ4v) is 5.35. The summed E-state index contributed by atoms with van der Waals surface area (Å²) < 4.78 is 32.7. The summed E-state index contributed by atoms with van der Waals surface area (Å²) >= 11 is 5.86. The summed E-state index contributed by atoms with van der Waals surface area (Å²) in [5.41, 5.74) is 0.570. The van der Waals surface area contributed by atoms with Crippen molar-refractivity contribution in [2.24, 2.45) is 5.92 Å². The molecule has 6 nitrogen and oxygen atoms in total. The number of rotatable bonds is 12. The van der Waals surface area contributed by atoms with Crippen molar-refractivity contribution < 1.29 is 18.3 Å². The van der Waals surface area contributed by atoms with E-state index in [0.29, 0.717) is 29.8 Å². The van der Waals surface area contributed by atoms with Gasteiger partial charge in [-0.25, -0.2) is 8.42 Å². The number of ether oxygens (including phenoxy) is 1. The van der Waals surface area contributed by atoms with Crippen molar-refractivity contribution in [2.45, 2.75) is 43.4 Å². The van der Waals surface area contributed by atoms with Crippen LogP contribution in [-0.2, 0) is 10.0 Å². The van der Waals surface area contributed by atoms with Crippen molar-refractivity contribution >= 4 is 27.3 Å². The molecule has 0 bridgehead atoms. The number of nitrogens with zero attached hydrogens (tertiary/aromatic N) is 2.